The van der Waals surface area contributed by atoms with Crippen molar-refractivity contribution in [2.45, 2.75) is 102 Å². The van der Waals surface area contributed by atoms with Crippen molar-refractivity contribution in [2.75, 3.05) is 68.8 Å². The number of hydrogen-bond donors (Lipinski definition) is 3. The fraction of sp³-hybridized carbons (Fsp3) is 0.459. The van der Waals surface area contributed by atoms with Gasteiger partial charge in [-0.25, -0.2) is 13.8 Å². The van der Waals surface area contributed by atoms with Crippen LogP contribution in [0.2, 0.25) is 0 Å². The Bertz CT molecular complexity index is 3470. The first kappa shape index (κ1) is 53.5. The molecule has 5 aliphatic heterocycles. The van der Waals surface area contributed by atoms with Gasteiger partial charge in [0.05, 0.1) is 39.2 Å². The number of β-amino-alcohol motifs (C(OH)–C–C–N with tert-alkyl or cyclic N) is 1. The van der Waals surface area contributed by atoms with Crippen LogP contribution in [0, 0.1) is 48.7 Å². The van der Waals surface area contributed by atoms with Gasteiger partial charge in [0, 0.05) is 81.0 Å². The number of ether oxygens (including phenoxy) is 1. The third-order valence-electron chi connectivity index (χ3n) is 17.2. The summed E-state index contributed by atoms with van der Waals surface area (Å²) in [5.74, 6) is 2.71. The van der Waals surface area contributed by atoms with E-state index in [2.05, 4.69) is 51.4 Å². The van der Waals surface area contributed by atoms with Crippen LogP contribution in [-0.2, 0) is 9.59 Å². The Labute approximate surface area is 468 Å². The van der Waals surface area contributed by atoms with Gasteiger partial charge in [-0.3, -0.25) is 19.5 Å². The molecule has 2 amide bonds. The fourth-order valence-electron chi connectivity index (χ4n) is 13.0. The lowest BCUT2D eigenvalue weighted by molar-refractivity contribution is -0.141. The minimum Gasteiger partial charge on any atom is -0.462 e. The first-order chi connectivity index (χ1) is 38.8. The standard InChI is InChI=1S/C61H67F2N11O5S/c1-6-45-48(62)17-14-40-8-7-9-46(53(40)45)55-54(63)56-47(27-64-55)58(73-30-42-15-16-43(31-73)67-42)69-61(68-56)78-23-22-71-20-18-37(19-21-71)24-38-28-72(29-38)51-26-50(79-70-51)52(34(2)3)60(77)74-32-44(75)25-49(74)59(76)66-35(4)39-10-12-41(13-11-39)57-36(5)65-33-80-57/h1,7-14,17,26-27,33-35,37-38,42-44,49,52,67,75H,15-16,18-25,28-32H2,2-5H3,(H,66,76)/t35-,42?,43?,44+,49-,52+/m0/s1. The summed E-state index contributed by atoms with van der Waals surface area (Å²) in [5, 5.41) is 23.6. The van der Waals surface area contributed by atoms with Crippen LogP contribution < -0.4 is 25.2 Å². The summed E-state index contributed by atoms with van der Waals surface area (Å²) in [4.78, 5) is 56.2. The first-order valence-corrected chi connectivity index (χ1v) is 29.1. The smallest absolute Gasteiger partial charge is 0.319 e. The summed E-state index contributed by atoms with van der Waals surface area (Å²) < 4.78 is 44.3. The van der Waals surface area contributed by atoms with Crippen LogP contribution in [-0.4, -0.2) is 135 Å². The van der Waals surface area contributed by atoms with E-state index in [1.807, 2.05) is 69.6 Å². The van der Waals surface area contributed by atoms with Crippen molar-refractivity contribution in [3.8, 4) is 40.1 Å². The Hall–Kier alpha value is -7.11. The normalized spacial score (nSPS) is 21.6. The van der Waals surface area contributed by atoms with Crippen molar-refractivity contribution in [3.63, 3.8) is 0 Å². The summed E-state index contributed by atoms with van der Waals surface area (Å²) in [7, 11) is 0. The van der Waals surface area contributed by atoms with E-state index in [0.29, 0.717) is 76.2 Å². The number of piperazine rings is 1. The van der Waals surface area contributed by atoms with Gasteiger partial charge in [0.2, 0.25) is 11.8 Å². The molecule has 5 aliphatic rings. The Morgan fingerprint density at radius 1 is 0.950 bits per heavy atom. The van der Waals surface area contributed by atoms with Gasteiger partial charge in [-0.05, 0) is 99.4 Å². The highest BCUT2D eigenvalue weighted by Crippen LogP contribution is 2.40. The second kappa shape index (κ2) is 22.4. The van der Waals surface area contributed by atoms with Crippen molar-refractivity contribution < 1.29 is 32.7 Å². The van der Waals surface area contributed by atoms with Crippen LogP contribution in [0.3, 0.4) is 0 Å². The molecule has 0 radical (unpaired) electrons. The quantitative estimate of drug-likeness (QED) is 0.0783. The third-order valence-corrected chi connectivity index (χ3v) is 18.2. The molecule has 5 saturated heterocycles. The highest BCUT2D eigenvalue weighted by atomic mass is 32.1. The molecule has 80 heavy (non-hydrogen) atoms. The molecule has 19 heteroatoms. The maximum Gasteiger partial charge on any atom is 0.319 e. The zero-order valence-corrected chi connectivity index (χ0v) is 46.4. The number of terminal acetylenes is 1. The molecule has 12 rings (SSSR count). The predicted octanol–water partition coefficient (Wildman–Crippen LogP) is 8.66. The van der Waals surface area contributed by atoms with E-state index in [0.717, 1.165) is 93.1 Å². The molecule has 2 bridgehead atoms. The number of anilines is 2. The van der Waals surface area contributed by atoms with Crippen LogP contribution in [0.1, 0.15) is 93.8 Å². The number of piperidine rings is 1. The number of nitrogens with zero attached hydrogens (tertiary/aromatic N) is 9. The molecule has 3 N–H and O–H groups in total. The largest absolute Gasteiger partial charge is 0.462 e. The number of fused-ring (bicyclic) bond motifs is 4. The number of aliphatic hydroxyl groups excluding tert-OH is 1. The average Bonchev–Trinajstić information content (AvgIpc) is 4.29. The number of amides is 2. The fourth-order valence-corrected chi connectivity index (χ4v) is 13.8. The van der Waals surface area contributed by atoms with Gasteiger partial charge < -0.3 is 39.7 Å². The molecule has 9 heterocycles. The molecule has 0 saturated carbocycles. The molecule has 6 atom stereocenters. The van der Waals surface area contributed by atoms with E-state index in [-0.39, 0.29) is 59.5 Å². The summed E-state index contributed by atoms with van der Waals surface area (Å²) >= 11 is 1.59. The maximum atomic E-state index is 17.0. The second-order valence-corrected chi connectivity index (χ2v) is 23.8. The number of carbonyl (C=O) groups is 2. The summed E-state index contributed by atoms with van der Waals surface area (Å²) in [6.07, 6.45) is 12.1. The zero-order chi connectivity index (χ0) is 55.3. The van der Waals surface area contributed by atoms with Gasteiger partial charge in [-0.15, -0.1) is 17.8 Å². The highest BCUT2D eigenvalue weighted by Gasteiger charge is 2.44. The lowest BCUT2D eigenvalue weighted by Gasteiger charge is -2.42. The van der Waals surface area contributed by atoms with E-state index in [9.17, 15) is 14.7 Å². The number of halogens is 2. The Morgan fingerprint density at radius 3 is 2.45 bits per heavy atom. The van der Waals surface area contributed by atoms with Gasteiger partial charge in [0.1, 0.15) is 41.4 Å². The third kappa shape index (κ3) is 10.6. The SMILES string of the molecule is C#Cc1c(F)ccc2cccc(-c3ncc4c(N5CC6CCC(C5)N6)nc(OCCN5CCC(CC6CN(c7cc([C@H](C(=O)N8C[C@H](O)C[C@H]8C(=O)N[C@@H](C)c8ccc(-c9scnc9C)cc8)C(C)C)on7)C6)CC5)nc4c3F)c12. The Balaban J connectivity index is 0.640. The Morgan fingerprint density at radius 2 is 1.73 bits per heavy atom. The molecule has 16 nitrogen and oxygen atoms in total. The minimum absolute atomic E-state index is 0.0281. The van der Waals surface area contributed by atoms with E-state index in [1.165, 1.54) is 11.0 Å². The number of carbonyl (C=O) groups excluding carboxylic acids is 2. The van der Waals surface area contributed by atoms with Gasteiger partial charge >= 0.3 is 6.01 Å². The van der Waals surface area contributed by atoms with Crippen LogP contribution in [0.5, 0.6) is 6.01 Å². The molecule has 5 fully saturated rings. The van der Waals surface area contributed by atoms with Gasteiger partial charge in [0.25, 0.3) is 0 Å². The maximum absolute atomic E-state index is 17.0. The van der Waals surface area contributed by atoms with Crippen LogP contribution in [0.4, 0.5) is 20.4 Å². The molecule has 3 aromatic carbocycles. The van der Waals surface area contributed by atoms with E-state index in [1.54, 1.807) is 35.7 Å². The lowest BCUT2D eigenvalue weighted by Crippen LogP contribution is -2.51. The van der Waals surface area contributed by atoms with Gasteiger partial charge in [-0.1, -0.05) is 73.5 Å². The topological polar surface area (TPSA) is 178 Å². The number of thiazole rings is 1. The van der Waals surface area contributed by atoms with Crippen molar-refractivity contribution in [1.29, 1.82) is 0 Å². The van der Waals surface area contributed by atoms with E-state index >= 15 is 8.78 Å². The van der Waals surface area contributed by atoms with Crippen LogP contribution in [0.15, 0.2) is 76.9 Å². The number of aliphatic hydroxyl groups is 1. The van der Waals surface area contributed by atoms with Crippen molar-refractivity contribution in [1.82, 2.24) is 45.5 Å². The Kier molecular flexibility index (Phi) is 15.0. The minimum atomic E-state index is -0.821. The number of aryl methyl sites for hydroxylation is 1. The molecule has 7 aromatic rings. The van der Waals surface area contributed by atoms with Gasteiger partial charge in [-0.2, -0.15) is 9.97 Å². The van der Waals surface area contributed by atoms with E-state index < -0.39 is 29.7 Å². The number of likely N-dealkylation sites (tertiary alicyclic amines) is 2. The molecule has 0 aliphatic carbocycles. The van der Waals surface area contributed by atoms with E-state index in [4.69, 9.17) is 20.7 Å². The predicted molar refractivity (Wildman–Crippen MR) is 304 cm³/mol. The van der Waals surface area contributed by atoms with Crippen LogP contribution >= 0.6 is 11.3 Å². The molecular formula is C61H67F2N11O5S. The first-order valence-electron chi connectivity index (χ1n) is 28.2. The van der Waals surface area contributed by atoms with Crippen molar-refractivity contribution in [3.05, 3.63) is 107 Å². The highest BCUT2D eigenvalue weighted by molar-refractivity contribution is 7.13. The average molecular weight is 1100 g/mol. The van der Waals surface area contributed by atoms with Crippen LogP contribution in [0.25, 0.3) is 43.4 Å². The molecule has 2 unspecified atom stereocenters. The monoisotopic (exact) mass is 1100 g/mol. The van der Waals surface area contributed by atoms with Gasteiger partial charge in [0.15, 0.2) is 17.4 Å². The zero-order valence-electron chi connectivity index (χ0n) is 45.6. The summed E-state index contributed by atoms with van der Waals surface area (Å²) in [6.45, 7) is 13.9. The summed E-state index contributed by atoms with van der Waals surface area (Å²) in [6, 6.07) is 17.8. The van der Waals surface area contributed by atoms with Crippen molar-refractivity contribution >= 4 is 56.5 Å². The molecule has 416 valence electrons. The lowest BCUT2D eigenvalue weighted by atomic mass is 9.83. The second-order valence-electron chi connectivity index (χ2n) is 23.0. The molecular weight excluding hydrogens is 1040 g/mol. The number of nitrogens with one attached hydrogen (secondary N) is 2. The molecule has 4 aromatic heterocycles. The number of benzene rings is 3. The summed E-state index contributed by atoms with van der Waals surface area (Å²) in [5.41, 5.74) is 5.37. The number of hydrogen-bond acceptors (Lipinski definition) is 15. The number of rotatable bonds is 16. The number of pyridine rings is 1. The molecule has 0 spiro atoms. The van der Waals surface area contributed by atoms with Crippen molar-refractivity contribution in [2.24, 2.45) is 17.8 Å². The number of aromatic nitrogens is 5.